The van der Waals surface area contributed by atoms with Gasteiger partial charge < -0.3 is 9.80 Å². The highest BCUT2D eigenvalue weighted by Crippen LogP contribution is 2.44. The Labute approximate surface area is 204 Å². The maximum Gasteiger partial charge on any atom is 0.417 e. The van der Waals surface area contributed by atoms with Gasteiger partial charge in [-0.05, 0) is 30.7 Å². The van der Waals surface area contributed by atoms with Gasteiger partial charge in [0.25, 0.3) is 11.8 Å². The number of halogens is 3. The Morgan fingerprint density at radius 1 is 1.17 bits per heavy atom. The molecule has 0 spiro atoms. The predicted octanol–water partition coefficient (Wildman–Crippen LogP) is 3.04. The molecule has 5 rings (SSSR count). The number of likely N-dealkylation sites (tertiary alicyclic amines) is 1. The van der Waals surface area contributed by atoms with Gasteiger partial charge in [-0.1, -0.05) is 20.8 Å². The van der Waals surface area contributed by atoms with E-state index in [1.807, 2.05) is 20.8 Å². The van der Waals surface area contributed by atoms with E-state index in [-0.39, 0.29) is 23.6 Å². The molecular formula is C24H23F3N6O3. The van der Waals surface area contributed by atoms with Crippen LogP contribution in [0.2, 0.25) is 0 Å². The van der Waals surface area contributed by atoms with Gasteiger partial charge >= 0.3 is 12.2 Å². The van der Waals surface area contributed by atoms with Crippen molar-refractivity contribution in [2.24, 2.45) is 7.05 Å². The fraction of sp³-hybridized carbons (Fsp3) is 0.458. The first-order chi connectivity index (χ1) is 16.7. The Morgan fingerprint density at radius 3 is 2.44 bits per heavy atom. The number of benzene rings is 1. The smallest absolute Gasteiger partial charge is 0.330 e. The van der Waals surface area contributed by atoms with Crippen molar-refractivity contribution < 1.29 is 27.6 Å². The maximum absolute atomic E-state index is 13.5. The number of anilines is 1. The number of urea groups is 1. The van der Waals surface area contributed by atoms with Crippen LogP contribution in [-0.4, -0.2) is 62.1 Å². The van der Waals surface area contributed by atoms with Crippen molar-refractivity contribution in [3.8, 4) is 6.07 Å². The first-order valence-electron chi connectivity index (χ1n) is 11.4. The van der Waals surface area contributed by atoms with Gasteiger partial charge in [-0.2, -0.15) is 23.5 Å². The Morgan fingerprint density at radius 2 is 1.86 bits per heavy atom. The van der Waals surface area contributed by atoms with E-state index in [1.54, 1.807) is 18.0 Å². The summed E-state index contributed by atoms with van der Waals surface area (Å²) in [5, 5.41) is 13.5. The van der Waals surface area contributed by atoms with E-state index < -0.39 is 47.4 Å². The lowest BCUT2D eigenvalue weighted by atomic mass is 9.92. The average Bonchev–Trinajstić information content (AvgIpc) is 3.54. The third kappa shape index (κ3) is 3.37. The van der Waals surface area contributed by atoms with Gasteiger partial charge in [-0.25, -0.2) is 9.69 Å². The van der Waals surface area contributed by atoms with Crippen LogP contribution in [-0.2, 0) is 23.4 Å². The van der Waals surface area contributed by atoms with E-state index in [0.29, 0.717) is 18.2 Å². The number of piperazine rings is 1. The summed E-state index contributed by atoms with van der Waals surface area (Å²) in [6, 6.07) is 3.21. The number of hydrogen-bond donors (Lipinski definition) is 0. The van der Waals surface area contributed by atoms with Crippen LogP contribution in [0, 0.1) is 11.3 Å². The quantitative estimate of drug-likeness (QED) is 0.590. The van der Waals surface area contributed by atoms with Gasteiger partial charge in [0.05, 0.1) is 40.7 Å². The van der Waals surface area contributed by atoms with Crippen LogP contribution in [0.5, 0.6) is 0 Å². The Bertz CT molecular complexity index is 1350. The van der Waals surface area contributed by atoms with Crippen molar-refractivity contribution in [3.05, 3.63) is 46.8 Å². The molecule has 9 nitrogen and oxygen atoms in total. The van der Waals surface area contributed by atoms with Crippen LogP contribution in [0.3, 0.4) is 0 Å². The molecular weight excluding hydrogens is 477 g/mol. The summed E-state index contributed by atoms with van der Waals surface area (Å²) in [5.74, 6) is -1.01. The molecule has 3 aliphatic rings. The van der Waals surface area contributed by atoms with E-state index in [0.717, 1.165) is 22.7 Å². The number of carbonyl (C=O) groups is 3. The molecule has 3 atom stereocenters. The van der Waals surface area contributed by atoms with Crippen LogP contribution in [0.4, 0.5) is 23.7 Å². The van der Waals surface area contributed by atoms with Crippen molar-refractivity contribution in [1.82, 2.24) is 19.6 Å². The average molecular weight is 500 g/mol. The highest BCUT2D eigenvalue weighted by atomic mass is 19.4. The number of hydrogen-bond acceptors (Lipinski definition) is 5. The molecule has 3 fully saturated rings. The summed E-state index contributed by atoms with van der Waals surface area (Å²) >= 11 is 0. The SMILES string of the molecule is Cn1nc(C(C)(C)C)cc1C(=O)N1C[C@H]2CC1[C@H]1C(=O)N(c3ccc(C#N)c(C(F)(F)F)c3)C(=O)N21. The highest BCUT2D eigenvalue weighted by molar-refractivity contribution is 6.22. The minimum absolute atomic E-state index is 0.212. The lowest BCUT2D eigenvalue weighted by Gasteiger charge is -2.34. The lowest BCUT2D eigenvalue weighted by molar-refractivity contribution is -0.137. The van der Waals surface area contributed by atoms with Gasteiger partial charge in [0.1, 0.15) is 11.7 Å². The summed E-state index contributed by atoms with van der Waals surface area (Å²) in [6.45, 7) is 6.14. The largest absolute Gasteiger partial charge is 0.417 e. The van der Waals surface area contributed by atoms with Crippen LogP contribution in [0.15, 0.2) is 24.3 Å². The minimum atomic E-state index is -4.83. The summed E-state index contributed by atoms with van der Waals surface area (Å²) in [4.78, 5) is 43.6. The number of amides is 4. The van der Waals surface area contributed by atoms with E-state index >= 15 is 0 Å². The molecule has 3 aliphatic heterocycles. The summed E-state index contributed by atoms with van der Waals surface area (Å²) in [7, 11) is 1.66. The topological polar surface area (TPSA) is 103 Å². The van der Waals surface area contributed by atoms with E-state index in [9.17, 15) is 27.6 Å². The monoisotopic (exact) mass is 500 g/mol. The van der Waals surface area contributed by atoms with Crippen molar-refractivity contribution >= 4 is 23.5 Å². The fourth-order valence-electron chi connectivity index (χ4n) is 5.31. The van der Waals surface area contributed by atoms with Gasteiger partial charge in [0, 0.05) is 19.0 Å². The van der Waals surface area contributed by atoms with Crippen LogP contribution >= 0.6 is 0 Å². The molecule has 1 aromatic heterocycles. The van der Waals surface area contributed by atoms with Crippen molar-refractivity contribution in [3.63, 3.8) is 0 Å². The molecule has 0 aliphatic carbocycles. The minimum Gasteiger partial charge on any atom is -0.330 e. The third-order valence-corrected chi connectivity index (χ3v) is 7.08. The highest BCUT2D eigenvalue weighted by Gasteiger charge is 2.63. The molecule has 2 bridgehead atoms. The van der Waals surface area contributed by atoms with Gasteiger partial charge in [0.2, 0.25) is 0 Å². The Hall–Kier alpha value is -3.88. The molecule has 0 saturated carbocycles. The molecule has 188 valence electrons. The zero-order chi connectivity index (χ0) is 26.3. The molecule has 0 N–H and O–H groups in total. The van der Waals surface area contributed by atoms with Crippen molar-refractivity contribution in [1.29, 1.82) is 5.26 Å². The Balaban J connectivity index is 1.45. The fourth-order valence-corrected chi connectivity index (χ4v) is 5.31. The second kappa shape index (κ2) is 7.56. The molecule has 2 aromatic rings. The number of nitriles is 1. The first kappa shape index (κ1) is 23.8. The number of rotatable bonds is 2. The van der Waals surface area contributed by atoms with Gasteiger partial charge in [-0.15, -0.1) is 0 Å². The summed E-state index contributed by atoms with van der Waals surface area (Å²) in [6.07, 6.45) is -4.42. The van der Waals surface area contributed by atoms with Crippen LogP contribution in [0.1, 0.15) is 54.5 Å². The van der Waals surface area contributed by atoms with Gasteiger partial charge in [-0.3, -0.25) is 14.3 Å². The number of aromatic nitrogens is 2. The van der Waals surface area contributed by atoms with Crippen molar-refractivity contribution in [2.75, 3.05) is 11.4 Å². The van der Waals surface area contributed by atoms with Crippen molar-refractivity contribution in [2.45, 2.75) is 56.9 Å². The first-order valence-corrected chi connectivity index (χ1v) is 11.4. The second-order valence-electron chi connectivity index (χ2n) is 10.4. The van der Waals surface area contributed by atoms with E-state index in [4.69, 9.17) is 5.26 Å². The zero-order valence-electron chi connectivity index (χ0n) is 20.0. The lowest BCUT2D eigenvalue weighted by Crippen LogP contribution is -2.55. The molecule has 36 heavy (non-hydrogen) atoms. The molecule has 1 aromatic carbocycles. The van der Waals surface area contributed by atoms with Gasteiger partial charge in [0.15, 0.2) is 0 Å². The molecule has 12 heteroatoms. The zero-order valence-corrected chi connectivity index (χ0v) is 20.0. The molecule has 0 radical (unpaired) electrons. The Kier molecular flexibility index (Phi) is 5.01. The van der Waals surface area contributed by atoms with Crippen LogP contribution in [0.25, 0.3) is 0 Å². The number of carbonyl (C=O) groups excluding carboxylic acids is 3. The molecule has 4 heterocycles. The molecule has 3 saturated heterocycles. The number of aryl methyl sites for hydroxylation is 1. The van der Waals surface area contributed by atoms with E-state index in [1.165, 1.54) is 15.7 Å². The third-order valence-electron chi connectivity index (χ3n) is 7.08. The molecule has 4 amide bonds. The summed E-state index contributed by atoms with van der Waals surface area (Å²) < 4.78 is 41.9. The summed E-state index contributed by atoms with van der Waals surface area (Å²) in [5.41, 5.74) is -1.27. The number of fused-ring (bicyclic) bond motifs is 5. The number of imide groups is 1. The standard InChI is InChI=1S/C24H23F3N6O3/c1-23(2,3)18-9-17(30(4)29-18)20(34)31-11-14-8-16(31)19-21(35)33(22(36)32(14)19)13-6-5-12(10-28)15(7-13)24(25,26)27/h5-7,9,14,16,19H,8,11H2,1-4H3/t14-,16?,19+/m1/s1. The van der Waals surface area contributed by atoms with E-state index in [2.05, 4.69) is 5.10 Å². The number of nitrogens with zero attached hydrogens (tertiary/aromatic N) is 6. The van der Waals surface area contributed by atoms with Crippen LogP contribution < -0.4 is 4.90 Å². The molecule has 1 unspecified atom stereocenters. The maximum atomic E-state index is 13.5. The normalized spacial score (nSPS) is 23.5. The number of alkyl halides is 3. The predicted molar refractivity (Wildman–Crippen MR) is 120 cm³/mol. The second-order valence-corrected chi connectivity index (χ2v) is 10.4.